The van der Waals surface area contributed by atoms with Crippen molar-refractivity contribution in [3.63, 3.8) is 0 Å². The predicted octanol–water partition coefficient (Wildman–Crippen LogP) is 2.55. The second-order valence-corrected chi connectivity index (χ2v) is 5.86. The van der Waals surface area contributed by atoms with Gasteiger partial charge in [0.15, 0.2) is 11.5 Å². The first-order valence-electron chi connectivity index (χ1n) is 9.36. The molecule has 7 nitrogen and oxygen atoms in total. The van der Waals surface area contributed by atoms with Gasteiger partial charge in [-0.3, -0.25) is 9.59 Å². The van der Waals surface area contributed by atoms with E-state index >= 15 is 0 Å². The van der Waals surface area contributed by atoms with Crippen LogP contribution in [0.1, 0.15) is 24.2 Å². The Bertz CT molecular complexity index is 811. The highest BCUT2D eigenvalue weighted by atomic mass is 19.1. The Morgan fingerprint density at radius 3 is 2.28 bits per heavy atom. The van der Waals surface area contributed by atoms with Crippen LogP contribution in [0, 0.1) is 5.82 Å². The van der Waals surface area contributed by atoms with Crippen LogP contribution in [0.15, 0.2) is 42.5 Å². The van der Waals surface area contributed by atoms with E-state index in [9.17, 15) is 14.0 Å². The van der Waals surface area contributed by atoms with Gasteiger partial charge in [-0.1, -0.05) is 0 Å². The van der Waals surface area contributed by atoms with E-state index in [4.69, 9.17) is 14.2 Å². The first-order chi connectivity index (χ1) is 14.0. The summed E-state index contributed by atoms with van der Waals surface area (Å²) in [5.41, 5.74) is 0.365. The smallest absolute Gasteiger partial charge is 0.251 e. The lowest BCUT2D eigenvalue weighted by molar-refractivity contribution is -0.120. The van der Waals surface area contributed by atoms with E-state index in [0.29, 0.717) is 36.0 Å². The molecule has 0 radical (unpaired) electrons. The van der Waals surface area contributed by atoms with Crippen LogP contribution in [-0.4, -0.2) is 44.7 Å². The molecule has 8 heteroatoms. The number of hydrogen-bond acceptors (Lipinski definition) is 5. The van der Waals surface area contributed by atoms with Crippen molar-refractivity contribution in [2.45, 2.75) is 13.8 Å². The second-order valence-electron chi connectivity index (χ2n) is 5.86. The Morgan fingerprint density at radius 2 is 1.59 bits per heavy atom. The van der Waals surface area contributed by atoms with Crippen LogP contribution >= 0.6 is 0 Å². The van der Waals surface area contributed by atoms with E-state index in [1.807, 2.05) is 13.8 Å². The van der Waals surface area contributed by atoms with Gasteiger partial charge in [0, 0.05) is 5.56 Å². The van der Waals surface area contributed by atoms with E-state index in [0.717, 1.165) is 0 Å². The molecule has 2 N–H and O–H groups in total. The normalized spacial score (nSPS) is 10.2. The minimum absolute atomic E-state index is 0.174. The molecule has 0 atom stereocenters. The van der Waals surface area contributed by atoms with Gasteiger partial charge in [0.2, 0.25) is 5.91 Å². The first-order valence-corrected chi connectivity index (χ1v) is 9.36. The van der Waals surface area contributed by atoms with Crippen molar-refractivity contribution in [2.24, 2.45) is 0 Å². The van der Waals surface area contributed by atoms with Gasteiger partial charge in [0.05, 0.1) is 26.3 Å². The van der Waals surface area contributed by atoms with Gasteiger partial charge < -0.3 is 24.8 Å². The van der Waals surface area contributed by atoms with Crippen LogP contribution in [0.3, 0.4) is 0 Å². The second kappa shape index (κ2) is 11.5. The number of rotatable bonds is 11. The van der Waals surface area contributed by atoms with Crippen LogP contribution in [-0.2, 0) is 4.79 Å². The molecule has 2 aromatic carbocycles. The van der Waals surface area contributed by atoms with Crippen molar-refractivity contribution in [2.75, 3.05) is 32.9 Å². The number of nitrogens with one attached hydrogen (secondary N) is 2. The fourth-order valence-electron chi connectivity index (χ4n) is 2.41. The average Bonchev–Trinajstić information content (AvgIpc) is 2.72. The highest BCUT2D eigenvalue weighted by Crippen LogP contribution is 2.28. The molecule has 0 saturated heterocycles. The molecule has 0 aromatic heterocycles. The van der Waals surface area contributed by atoms with E-state index < -0.39 is 5.91 Å². The summed E-state index contributed by atoms with van der Waals surface area (Å²) < 4.78 is 29.1. The third-order valence-electron chi connectivity index (χ3n) is 3.72. The largest absolute Gasteiger partial charge is 0.492 e. The number of amides is 2. The molecule has 2 amide bonds. The van der Waals surface area contributed by atoms with Crippen LogP contribution < -0.4 is 24.8 Å². The lowest BCUT2D eigenvalue weighted by atomic mass is 10.2. The molecule has 0 fully saturated rings. The standard InChI is InChI=1S/C21H25FN2O5/c1-3-27-18-10-5-15(13-19(18)28-4-2)21(26)24-14-20(25)23-11-12-29-17-8-6-16(22)7-9-17/h5-10,13H,3-4,11-12,14H2,1-2H3,(H,23,25)(H,24,26). The number of carbonyl (C=O) groups is 2. The summed E-state index contributed by atoms with van der Waals surface area (Å²) in [6, 6.07) is 10.4. The molecule has 0 saturated carbocycles. The Hall–Kier alpha value is -3.29. The molecular weight excluding hydrogens is 379 g/mol. The Balaban J connectivity index is 1.75. The molecular formula is C21H25FN2O5. The van der Waals surface area contributed by atoms with Crippen LogP contribution in [0.5, 0.6) is 17.2 Å². The molecule has 0 aliphatic heterocycles. The Kier molecular flexibility index (Phi) is 8.75. The summed E-state index contributed by atoms with van der Waals surface area (Å²) in [4.78, 5) is 24.1. The highest BCUT2D eigenvalue weighted by molar-refractivity contribution is 5.97. The maximum absolute atomic E-state index is 12.8. The van der Waals surface area contributed by atoms with Gasteiger partial charge in [-0.15, -0.1) is 0 Å². The van der Waals surface area contributed by atoms with Crippen LogP contribution in [0.4, 0.5) is 4.39 Å². The summed E-state index contributed by atoms with van der Waals surface area (Å²) in [7, 11) is 0. The van der Waals surface area contributed by atoms with E-state index in [1.54, 1.807) is 18.2 Å². The lowest BCUT2D eigenvalue weighted by Crippen LogP contribution is -2.38. The van der Waals surface area contributed by atoms with Crippen molar-refractivity contribution in [1.29, 1.82) is 0 Å². The average molecular weight is 404 g/mol. The zero-order valence-electron chi connectivity index (χ0n) is 16.5. The van der Waals surface area contributed by atoms with Crippen molar-refractivity contribution >= 4 is 11.8 Å². The van der Waals surface area contributed by atoms with Gasteiger partial charge in [-0.2, -0.15) is 0 Å². The van der Waals surface area contributed by atoms with Gasteiger partial charge in [-0.05, 0) is 56.3 Å². The highest BCUT2D eigenvalue weighted by Gasteiger charge is 2.12. The summed E-state index contributed by atoms with van der Waals surface area (Å²) in [6.07, 6.45) is 0. The first kappa shape index (κ1) is 22.0. The summed E-state index contributed by atoms with van der Waals surface area (Å²) >= 11 is 0. The monoisotopic (exact) mass is 404 g/mol. The molecule has 156 valence electrons. The Labute approximate surface area is 169 Å². The van der Waals surface area contributed by atoms with E-state index in [2.05, 4.69) is 10.6 Å². The number of ether oxygens (including phenoxy) is 3. The zero-order chi connectivity index (χ0) is 21.1. The molecule has 0 bridgehead atoms. The SMILES string of the molecule is CCOc1ccc(C(=O)NCC(=O)NCCOc2ccc(F)cc2)cc1OCC. The fraction of sp³-hybridized carbons (Fsp3) is 0.333. The van der Waals surface area contributed by atoms with Crippen molar-refractivity contribution in [3.05, 3.63) is 53.8 Å². The lowest BCUT2D eigenvalue weighted by Gasteiger charge is -2.12. The zero-order valence-corrected chi connectivity index (χ0v) is 16.5. The fourth-order valence-corrected chi connectivity index (χ4v) is 2.41. The molecule has 29 heavy (non-hydrogen) atoms. The predicted molar refractivity (Wildman–Crippen MR) is 106 cm³/mol. The van der Waals surface area contributed by atoms with Crippen LogP contribution in [0.25, 0.3) is 0 Å². The molecule has 0 aliphatic carbocycles. The third-order valence-corrected chi connectivity index (χ3v) is 3.72. The topological polar surface area (TPSA) is 85.9 Å². The summed E-state index contributed by atoms with van der Waals surface area (Å²) in [5, 5.41) is 5.19. The molecule has 2 aromatic rings. The third kappa shape index (κ3) is 7.33. The van der Waals surface area contributed by atoms with Crippen LogP contribution in [0.2, 0.25) is 0 Å². The van der Waals surface area contributed by atoms with E-state index in [1.165, 1.54) is 24.3 Å². The maximum atomic E-state index is 12.8. The minimum Gasteiger partial charge on any atom is -0.492 e. The molecule has 0 unspecified atom stereocenters. The number of benzene rings is 2. The van der Waals surface area contributed by atoms with Crippen molar-refractivity contribution in [3.8, 4) is 17.2 Å². The quantitative estimate of drug-likeness (QED) is 0.562. The van der Waals surface area contributed by atoms with Gasteiger partial charge in [0.1, 0.15) is 18.2 Å². The Morgan fingerprint density at radius 1 is 0.897 bits per heavy atom. The number of hydrogen-bond donors (Lipinski definition) is 2. The maximum Gasteiger partial charge on any atom is 0.251 e. The summed E-state index contributed by atoms with van der Waals surface area (Å²) in [6.45, 7) is 4.93. The van der Waals surface area contributed by atoms with Gasteiger partial charge >= 0.3 is 0 Å². The van der Waals surface area contributed by atoms with Gasteiger partial charge in [0.25, 0.3) is 5.91 Å². The minimum atomic E-state index is -0.397. The van der Waals surface area contributed by atoms with Gasteiger partial charge in [-0.25, -0.2) is 4.39 Å². The molecule has 0 heterocycles. The number of halogens is 1. The number of carbonyl (C=O) groups excluding carboxylic acids is 2. The summed E-state index contributed by atoms with van der Waals surface area (Å²) in [5.74, 6) is 0.454. The molecule has 2 rings (SSSR count). The van der Waals surface area contributed by atoms with Crippen molar-refractivity contribution in [1.82, 2.24) is 10.6 Å². The van der Waals surface area contributed by atoms with Crippen molar-refractivity contribution < 1.29 is 28.2 Å². The van der Waals surface area contributed by atoms with E-state index in [-0.39, 0.29) is 31.4 Å². The molecule has 0 spiro atoms. The molecule has 0 aliphatic rings.